The number of fused-ring (bicyclic) bond motifs is 1. The molecule has 1 N–H and O–H groups in total. The summed E-state index contributed by atoms with van der Waals surface area (Å²) in [6.07, 6.45) is 0.698. The van der Waals surface area contributed by atoms with Gasteiger partial charge in [0.1, 0.15) is 0 Å². The predicted octanol–water partition coefficient (Wildman–Crippen LogP) is 5.33. The molecule has 1 aromatic heterocycles. The highest BCUT2D eigenvalue weighted by molar-refractivity contribution is 7.22. The summed E-state index contributed by atoms with van der Waals surface area (Å²) in [5.41, 5.74) is 2.58. The van der Waals surface area contributed by atoms with Crippen molar-refractivity contribution in [3.63, 3.8) is 0 Å². The number of aromatic nitrogens is 1. The Morgan fingerprint density at radius 1 is 1.26 bits per heavy atom. The zero-order chi connectivity index (χ0) is 16.4. The Kier molecular flexibility index (Phi) is 4.64. The van der Waals surface area contributed by atoms with Crippen molar-refractivity contribution in [2.75, 3.05) is 5.32 Å². The van der Waals surface area contributed by atoms with Crippen molar-refractivity contribution in [1.29, 1.82) is 0 Å². The molecule has 118 valence electrons. The molecule has 2 aromatic carbocycles. The molecule has 3 rings (SSSR count). The lowest BCUT2D eigenvalue weighted by molar-refractivity contribution is 0.0968. The van der Waals surface area contributed by atoms with Gasteiger partial charge >= 0.3 is 0 Å². The zero-order valence-corrected chi connectivity index (χ0v) is 14.5. The third-order valence-corrected chi connectivity index (χ3v) is 5.19. The van der Waals surface area contributed by atoms with E-state index in [0.717, 1.165) is 20.9 Å². The number of carbonyl (C=O) groups excluding carboxylic acids is 1. The number of ketones is 1. The fourth-order valence-electron chi connectivity index (χ4n) is 2.47. The molecule has 1 atom stereocenters. The van der Waals surface area contributed by atoms with Crippen LogP contribution in [0.4, 0.5) is 5.13 Å². The first-order valence-electron chi connectivity index (χ1n) is 7.51. The highest BCUT2D eigenvalue weighted by Crippen LogP contribution is 2.32. The number of halogens is 1. The average molecular weight is 345 g/mol. The Morgan fingerprint density at radius 3 is 2.70 bits per heavy atom. The van der Waals surface area contributed by atoms with E-state index in [4.69, 9.17) is 11.6 Å². The first-order valence-corrected chi connectivity index (χ1v) is 8.71. The van der Waals surface area contributed by atoms with Crippen LogP contribution in [0.3, 0.4) is 0 Å². The highest BCUT2D eigenvalue weighted by Gasteiger charge is 2.19. The third kappa shape index (κ3) is 3.23. The highest BCUT2D eigenvalue weighted by atomic mass is 35.5. The van der Waals surface area contributed by atoms with Gasteiger partial charge in [0.25, 0.3) is 0 Å². The molecule has 3 nitrogen and oxygen atoms in total. The quantitative estimate of drug-likeness (QED) is 0.636. The van der Waals surface area contributed by atoms with Crippen molar-refractivity contribution in [2.45, 2.75) is 26.3 Å². The fourth-order valence-corrected chi connectivity index (χ4v) is 3.60. The lowest BCUT2D eigenvalue weighted by Gasteiger charge is -2.14. The lowest BCUT2D eigenvalue weighted by Crippen LogP contribution is -2.28. The van der Waals surface area contributed by atoms with E-state index in [1.807, 2.05) is 56.3 Å². The van der Waals surface area contributed by atoms with Gasteiger partial charge in [-0.05, 0) is 31.0 Å². The summed E-state index contributed by atoms with van der Waals surface area (Å²) in [6, 6.07) is 12.9. The minimum Gasteiger partial charge on any atom is -0.351 e. The molecule has 5 heteroatoms. The summed E-state index contributed by atoms with van der Waals surface area (Å²) in [5, 5.41) is 4.74. The number of hydrogen-bond acceptors (Lipinski definition) is 4. The standard InChI is InChI=1S/C18H17ClN2OS/c1-3-14(17(22)12-7-5-4-6-8-12)20-18-21-16-11(2)13(19)9-10-15(16)23-18/h4-10,14H,3H2,1-2H3,(H,20,21). The monoisotopic (exact) mass is 344 g/mol. The second-order valence-electron chi connectivity index (χ2n) is 5.37. The number of anilines is 1. The maximum atomic E-state index is 12.6. The van der Waals surface area contributed by atoms with Gasteiger partial charge in [-0.15, -0.1) is 0 Å². The van der Waals surface area contributed by atoms with Crippen molar-refractivity contribution in [3.05, 3.63) is 58.6 Å². The maximum absolute atomic E-state index is 12.6. The van der Waals surface area contributed by atoms with Gasteiger partial charge < -0.3 is 5.32 Å². The number of thiazole rings is 1. The number of hydrogen-bond donors (Lipinski definition) is 1. The molecule has 0 radical (unpaired) electrons. The van der Waals surface area contributed by atoms with Gasteiger partial charge in [0, 0.05) is 10.6 Å². The summed E-state index contributed by atoms with van der Waals surface area (Å²) in [5.74, 6) is 0.0853. The smallest absolute Gasteiger partial charge is 0.185 e. The van der Waals surface area contributed by atoms with Crippen LogP contribution in [0.2, 0.25) is 5.02 Å². The largest absolute Gasteiger partial charge is 0.351 e. The maximum Gasteiger partial charge on any atom is 0.185 e. The number of aryl methyl sites for hydroxylation is 1. The van der Waals surface area contributed by atoms with Gasteiger partial charge in [0.2, 0.25) is 0 Å². The average Bonchev–Trinajstić information content (AvgIpc) is 3.00. The Bertz CT molecular complexity index is 845. The second kappa shape index (κ2) is 6.69. The number of rotatable bonds is 5. The van der Waals surface area contributed by atoms with Gasteiger partial charge in [0.15, 0.2) is 10.9 Å². The SMILES string of the molecule is CCC(Nc1nc2c(C)c(Cl)ccc2s1)C(=O)c1ccccc1. The van der Waals surface area contributed by atoms with Crippen LogP contribution in [-0.2, 0) is 0 Å². The number of nitrogens with one attached hydrogen (secondary N) is 1. The molecule has 0 bridgehead atoms. The molecule has 1 heterocycles. The van der Waals surface area contributed by atoms with Crippen LogP contribution in [-0.4, -0.2) is 16.8 Å². The van der Waals surface area contributed by atoms with Crippen molar-refractivity contribution in [1.82, 2.24) is 4.98 Å². The minimum atomic E-state index is -0.284. The third-order valence-electron chi connectivity index (χ3n) is 3.83. The van der Waals surface area contributed by atoms with E-state index in [9.17, 15) is 4.79 Å². The van der Waals surface area contributed by atoms with Crippen LogP contribution >= 0.6 is 22.9 Å². The molecule has 1 unspecified atom stereocenters. The first-order chi connectivity index (χ1) is 11.1. The number of nitrogens with zero attached hydrogens (tertiary/aromatic N) is 1. The van der Waals surface area contributed by atoms with Crippen LogP contribution < -0.4 is 5.32 Å². The molecule has 0 fully saturated rings. The molecular formula is C18H17ClN2OS. The summed E-state index contributed by atoms with van der Waals surface area (Å²) in [6.45, 7) is 3.95. The summed E-state index contributed by atoms with van der Waals surface area (Å²) >= 11 is 7.69. The Labute approximate surface area is 144 Å². The topological polar surface area (TPSA) is 42.0 Å². The van der Waals surface area contributed by atoms with Crippen molar-refractivity contribution >= 4 is 44.1 Å². The van der Waals surface area contributed by atoms with E-state index >= 15 is 0 Å². The van der Waals surface area contributed by atoms with Crippen LogP contribution in [0.25, 0.3) is 10.2 Å². The molecule has 0 saturated carbocycles. The first kappa shape index (κ1) is 16.0. The van der Waals surface area contributed by atoms with E-state index in [0.29, 0.717) is 17.0 Å². The van der Waals surface area contributed by atoms with Crippen molar-refractivity contribution in [3.8, 4) is 0 Å². The van der Waals surface area contributed by atoms with E-state index in [-0.39, 0.29) is 11.8 Å². The molecule has 0 saturated heterocycles. The molecule has 0 amide bonds. The van der Waals surface area contributed by atoms with Crippen LogP contribution in [0.15, 0.2) is 42.5 Å². The number of Topliss-reactive ketones (excluding diaryl/α,β-unsaturated/α-hetero) is 1. The van der Waals surface area contributed by atoms with Crippen LogP contribution in [0, 0.1) is 6.92 Å². The molecule has 0 aliphatic heterocycles. The second-order valence-corrected chi connectivity index (χ2v) is 6.81. The van der Waals surface area contributed by atoms with Crippen LogP contribution in [0.1, 0.15) is 29.3 Å². The fraction of sp³-hybridized carbons (Fsp3) is 0.222. The number of carbonyl (C=O) groups is 1. The Hall–Kier alpha value is -1.91. The van der Waals surface area contributed by atoms with Crippen LogP contribution in [0.5, 0.6) is 0 Å². The Balaban J connectivity index is 1.87. The molecule has 0 spiro atoms. The predicted molar refractivity (Wildman–Crippen MR) is 97.8 cm³/mol. The van der Waals surface area contributed by atoms with E-state index < -0.39 is 0 Å². The Morgan fingerprint density at radius 2 is 2.00 bits per heavy atom. The molecule has 3 aromatic rings. The molecular weight excluding hydrogens is 328 g/mol. The molecule has 0 aliphatic carbocycles. The van der Waals surface area contributed by atoms with E-state index in [1.165, 1.54) is 0 Å². The summed E-state index contributed by atoms with van der Waals surface area (Å²) < 4.78 is 1.07. The van der Waals surface area contributed by atoms with E-state index in [2.05, 4.69) is 10.3 Å². The summed E-state index contributed by atoms with van der Waals surface area (Å²) in [4.78, 5) is 17.2. The normalized spacial score (nSPS) is 12.3. The molecule has 0 aliphatic rings. The van der Waals surface area contributed by atoms with Gasteiger partial charge in [-0.3, -0.25) is 4.79 Å². The van der Waals surface area contributed by atoms with Gasteiger partial charge in [-0.2, -0.15) is 0 Å². The van der Waals surface area contributed by atoms with Crippen molar-refractivity contribution < 1.29 is 4.79 Å². The van der Waals surface area contributed by atoms with Gasteiger partial charge in [-0.25, -0.2) is 4.98 Å². The van der Waals surface area contributed by atoms with Gasteiger partial charge in [0.05, 0.1) is 16.3 Å². The molecule has 23 heavy (non-hydrogen) atoms. The van der Waals surface area contributed by atoms with E-state index in [1.54, 1.807) is 11.3 Å². The number of benzene rings is 2. The van der Waals surface area contributed by atoms with Crippen molar-refractivity contribution in [2.24, 2.45) is 0 Å². The van der Waals surface area contributed by atoms with Gasteiger partial charge in [-0.1, -0.05) is 60.2 Å². The summed E-state index contributed by atoms with van der Waals surface area (Å²) in [7, 11) is 0. The zero-order valence-electron chi connectivity index (χ0n) is 13.0. The lowest BCUT2D eigenvalue weighted by atomic mass is 10.0. The minimum absolute atomic E-state index is 0.0853.